The Morgan fingerprint density at radius 1 is 0.327 bits per heavy atom. The molecule has 0 aromatic heterocycles. The number of hydrogen-bond donors (Lipinski definition) is 0. The highest BCUT2D eigenvalue weighted by atomic mass is 15.2. The molecule has 1 aliphatic carbocycles. The molecule has 0 saturated heterocycles. The van der Waals surface area contributed by atoms with Gasteiger partial charge in [-0.2, -0.15) is 0 Å². The van der Waals surface area contributed by atoms with Gasteiger partial charge in [0.15, 0.2) is 0 Å². The summed E-state index contributed by atoms with van der Waals surface area (Å²) in [6, 6.07) is 74.9. The molecule has 55 heavy (non-hydrogen) atoms. The number of para-hydroxylation sites is 2. The van der Waals surface area contributed by atoms with E-state index in [1.807, 2.05) is 0 Å². The normalized spacial score (nSPS) is 12.7. The van der Waals surface area contributed by atoms with E-state index in [1.54, 1.807) is 0 Å². The predicted octanol–water partition coefficient (Wildman–Crippen LogP) is 14.9. The van der Waals surface area contributed by atoms with E-state index < -0.39 is 0 Å². The number of hydrogen-bond acceptors (Lipinski definition) is 2. The number of rotatable bonds is 7. The lowest BCUT2D eigenvalue weighted by molar-refractivity contribution is 0.661. The Morgan fingerprint density at radius 3 is 1.51 bits per heavy atom. The van der Waals surface area contributed by atoms with E-state index in [9.17, 15) is 0 Å². The summed E-state index contributed by atoms with van der Waals surface area (Å²) in [7, 11) is 0. The Hall–Kier alpha value is -6.90. The van der Waals surface area contributed by atoms with Crippen LogP contribution in [0, 0.1) is 0 Å². The van der Waals surface area contributed by atoms with Crippen molar-refractivity contribution in [1.82, 2.24) is 0 Å². The van der Waals surface area contributed by atoms with E-state index >= 15 is 0 Å². The Labute approximate surface area is 323 Å². The van der Waals surface area contributed by atoms with Crippen molar-refractivity contribution in [3.8, 4) is 22.3 Å². The molecule has 0 N–H and O–H groups in total. The third kappa shape index (κ3) is 5.57. The quantitative estimate of drug-likeness (QED) is 0.152. The summed E-state index contributed by atoms with van der Waals surface area (Å²) in [5.41, 5.74) is 14.5. The van der Waals surface area contributed by atoms with Gasteiger partial charge in [-0.05, 0) is 128 Å². The van der Waals surface area contributed by atoms with Gasteiger partial charge in [-0.15, -0.1) is 0 Å². The van der Waals surface area contributed by atoms with Crippen molar-refractivity contribution < 1.29 is 0 Å². The van der Waals surface area contributed by atoms with Crippen LogP contribution in [0.2, 0.25) is 0 Å². The molecule has 1 aliphatic rings. The summed E-state index contributed by atoms with van der Waals surface area (Å²) in [4.78, 5) is 4.72. The number of benzene rings is 9. The van der Waals surface area contributed by atoms with Crippen LogP contribution in [0.3, 0.4) is 0 Å². The Kier molecular flexibility index (Phi) is 7.85. The largest absolute Gasteiger partial charge is 0.311 e. The van der Waals surface area contributed by atoms with E-state index in [1.165, 1.54) is 54.9 Å². The summed E-state index contributed by atoms with van der Waals surface area (Å²) >= 11 is 0. The van der Waals surface area contributed by atoms with E-state index in [0.29, 0.717) is 0 Å². The Bertz CT molecular complexity index is 2770. The molecule has 0 heterocycles. The Morgan fingerprint density at radius 2 is 0.855 bits per heavy atom. The summed E-state index contributed by atoms with van der Waals surface area (Å²) in [6.07, 6.45) is 0. The molecule has 0 amide bonds. The molecule has 9 aromatic carbocycles. The average molecular weight is 705 g/mol. The van der Waals surface area contributed by atoms with Crippen LogP contribution in [0.4, 0.5) is 34.1 Å². The first-order chi connectivity index (χ1) is 27.0. The lowest BCUT2D eigenvalue weighted by atomic mass is 9.81. The zero-order valence-electron chi connectivity index (χ0n) is 31.0. The molecule has 0 unspecified atom stereocenters. The van der Waals surface area contributed by atoms with Gasteiger partial charge in [-0.1, -0.05) is 141 Å². The monoisotopic (exact) mass is 704 g/mol. The molecule has 0 spiro atoms. The molecule has 0 saturated carbocycles. The first kappa shape index (κ1) is 32.7. The van der Waals surface area contributed by atoms with Crippen molar-refractivity contribution in [2.75, 3.05) is 9.80 Å². The van der Waals surface area contributed by atoms with Crippen molar-refractivity contribution in [2.45, 2.75) is 19.3 Å². The SMILES string of the molecule is CC1(C)c2ccccc2-c2cc3ccc4c(N(c5ccc(-c6ccccc6)cc5)c5ccc(N(c6ccccc6)c6ccccc6)cc5)cccc4c3cc21. The van der Waals surface area contributed by atoms with Crippen LogP contribution >= 0.6 is 0 Å². The van der Waals surface area contributed by atoms with Gasteiger partial charge in [-0.3, -0.25) is 0 Å². The van der Waals surface area contributed by atoms with Crippen molar-refractivity contribution in [2.24, 2.45) is 0 Å². The van der Waals surface area contributed by atoms with Gasteiger partial charge in [0.25, 0.3) is 0 Å². The second-order valence-electron chi connectivity index (χ2n) is 15.0. The minimum Gasteiger partial charge on any atom is -0.311 e. The van der Waals surface area contributed by atoms with Crippen LogP contribution in [0.15, 0.2) is 206 Å². The van der Waals surface area contributed by atoms with Crippen molar-refractivity contribution in [3.63, 3.8) is 0 Å². The van der Waals surface area contributed by atoms with Crippen LogP contribution in [0.5, 0.6) is 0 Å². The van der Waals surface area contributed by atoms with E-state index in [2.05, 4.69) is 230 Å². The van der Waals surface area contributed by atoms with Gasteiger partial charge in [0, 0.05) is 39.2 Å². The lowest BCUT2D eigenvalue weighted by Crippen LogP contribution is -2.14. The fourth-order valence-electron chi connectivity index (χ4n) is 8.68. The van der Waals surface area contributed by atoms with Gasteiger partial charge in [0.1, 0.15) is 0 Å². The zero-order valence-corrected chi connectivity index (χ0v) is 31.0. The Balaban J connectivity index is 1.13. The molecular formula is C53H40N2. The molecule has 2 nitrogen and oxygen atoms in total. The number of nitrogens with zero attached hydrogens (tertiary/aromatic N) is 2. The highest BCUT2D eigenvalue weighted by Gasteiger charge is 2.35. The van der Waals surface area contributed by atoms with E-state index in [4.69, 9.17) is 0 Å². The number of fused-ring (bicyclic) bond motifs is 6. The molecule has 0 aliphatic heterocycles. The maximum absolute atomic E-state index is 2.46. The molecule has 9 aromatic rings. The fraction of sp³-hybridized carbons (Fsp3) is 0.0566. The van der Waals surface area contributed by atoms with Crippen molar-refractivity contribution in [3.05, 3.63) is 217 Å². The lowest BCUT2D eigenvalue weighted by Gasteiger charge is -2.29. The van der Waals surface area contributed by atoms with Gasteiger partial charge < -0.3 is 9.80 Å². The molecule has 0 bridgehead atoms. The molecular weight excluding hydrogens is 665 g/mol. The van der Waals surface area contributed by atoms with Crippen LogP contribution in [-0.2, 0) is 5.41 Å². The van der Waals surface area contributed by atoms with Crippen LogP contribution in [-0.4, -0.2) is 0 Å². The van der Waals surface area contributed by atoms with Gasteiger partial charge >= 0.3 is 0 Å². The first-order valence-electron chi connectivity index (χ1n) is 19.1. The molecule has 262 valence electrons. The third-order valence-electron chi connectivity index (χ3n) is 11.4. The van der Waals surface area contributed by atoms with Gasteiger partial charge in [0.05, 0.1) is 5.69 Å². The first-order valence-corrected chi connectivity index (χ1v) is 19.1. The second kappa shape index (κ2) is 13.2. The topological polar surface area (TPSA) is 6.48 Å². The zero-order chi connectivity index (χ0) is 36.9. The molecule has 10 rings (SSSR count). The summed E-state index contributed by atoms with van der Waals surface area (Å²) in [6.45, 7) is 4.72. The van der Waals surface area contributed by atoms with E-state index in [-0.39, 0.29) is 5.41 Å². The summed E-state index contributed by atoms with van der Waals surface area (Å²) in [5, 5.41) is 5.03. The van der Waals surface area contributed by atoms with Crippen LogP contribution < -0.4 is 9.80 Å². The second-order valence-corrected chi connectivity index (χ2v) is 15.0. The molecule has 0 atom stereocenters. The smallest absolute Gasteiger partial charge is 0.0540 e. The van der Waals surface area contributed by atoms with E-state index in [0.717, 1.165) is 34.1 Å². The molecule has 0 radical (unpaired) electrons. The van der Waals surface area contributed by atoms with Gasteiger partial charge in [0.2, 0.25) is 0 Å². The average Bonchev–Trinajstić information content (AvgIpc) is 3.47. The standard InChI is InChI=1S/C53H40N2/c1-53(2)50-23-13-12-21-46(50)49-35-39-27-34-47-45(48(39)36-51(49)53)22-14-24-52(47)55(43-28-25-38(26-29-43)37-15-6-3-7-16-37)44-32-30-42(31-33-44)54(40-17-8-4-9-18-40)41-19-10-5-11-20-41/h3-36H,1-2H3. The summed E-state index contributed by atoms with van der Waals surface area (Å²) in [5.74, 6) is 0. The highest BCUT2D eigenvalue weighted by Crippen LogP contribution is 2.51. The predicted molar refractivity (Wildman–Crippen MR) is 234 cm³/mol. The van der Waals surface area contributed by atoms with Crippen LogP contribution in [0.1, 0.15) is 25.0 Å². The maximum atomic E-state index is 2.46. The number of anilines is 6. The minimum absolute atomic E-state index is 0.0679. The van der Waals surface area contributed by atoms with Crippen molar-refractivity contribution >= 4 is 55.7 Å². The third-order valence-corrected chi connectivity index (χ3v) is 11.4. The maximum Gasteiger partial charge on any atom is 0.0540 e. The molecule has 0 fully saturated rings. The summed E-state index contributed by atoms with van der Waals surface area (Å²) < 4.78 is 0. The highest BCUT2D eigenvalue weighted by molar-refractivity contribution is 6.14. The minimum atomic E-state index is -0.0679. The fourth-order valence-corrected chi connectivity index (χ4v) is 8.68. The van der Waals surface area contributed by atoms with Gasteiger partial charge in [-0.25, -0.2) is 0 Å². The van der Waals surface area contributed by atoms with Crippen molar-refractivity contribution in [1.29, 1.82) is 0 Å². The molecule has 2 heteroatoms. The van der Waals surface area contributed by atoms with Crippen LogP contribution in [0.25, 0.3) is 43.8 Å².